The summed E-state index contributed by atoms with van der Waals surface area (Å²) in [6.45, 7) is 13.4. The van der Waals surface area contributed by atoms with E-state index in [9.17, 15) is 0 Å². The van der Waals surface area contributed by atoms with Gasteiger partial charge in [0.1, 0.15) is 5.82 Å². The van der Waals surface area contributed by atoms with Crippen LogP contribution >= 0.6 is 0 Å². The van der Waals surface area contributed by atoms with Crippen molar-refractivity contribution in [1.82, 2.24) is 10.3 Å². The molecule has 1 fully saturated rings. The lowest BCUT2D eigenvalue weighted by molar-refractivity contribution is -0.00546. The Morgan fingerprint density at radius 1 is 1.25 bits per heavy atom. The maximum atomic E-state index is 5.78. The normalized spacial score (nSPS) is 23.9. The first-order chi connectivity index (χ1) is 9.33. The number of nitrogens with one attached hydrogen (secondary N) is 1. The molecule has 2 rings (SSSR count). The monoisotopic (exact) mass is 277 g/mol. The number of aromatic nitrogens is 1. The van der Waals surface area contributed by atoms with Crippen molar-refractivity contribution in [3.05, 3.63) is 23.9 Å². The smallest absolute Gasteiger partial charge is 0.129 e. The first-order valence-electron chi connectivity index (χ1n) is 7.45. The van der Waals surface area contributed by atoms with Gasteiger partial charge in [-0.1, -0.05) is 6.07 Å². The van der Waals surface area contributed by atoms with Crippen molar-refractivity contribution >= 4 is 5.82 Å². The molecule has 20 heavy (non-hydrogen) atoms. The molecule has 2 atom stereocenters. The average molecular weight is 277 g/mol. The van der Waals surface area contributed by atoms with E-state index < -0.39 is 0 Å². The molecule has 0 bridgehead atoms. The van der Waals surface area contributed by atoms with E-state index in [0.717, 1.165) is 31.1 Å². The van der Waals surface area contributed by atoms with Gasteiger partial charge in [0.15, 0.2) is 0 Å². The van der Waals surface area contributed by atoms with Crippen LogP contribution in [0.2, 0.25) is 0 Å². The van der Waals surface area contributed by atoms with E-state index in [-0.39, 0.29) is 17.7 Å². The van der Waals surface area contributed by atoms with Crippen LogP contribution in [0.25, 0.3) is 0 Å². The summed E-state index contributed by atoms with van der Waals surface area (Å²) < 4.78 is 5.78. The van der Waals surface area contributed by atoms with Gasteiger partial charge in [-0.25, -0.2) is 4.98 Å². The highest BCUT2D eigenvalue weighted by Gasteiger charge is 2.23. The summed E-state index contributed by atoms with van der Waals surface area (Å²) in [4.78, 5) is 7.10. The molecule has 1 N–H and O–H groups in total. The predicted molar refractivity (Wildman–Crippen MR) is 83.1 cm³/mol. The van der Waals surface area contributed by atoms with Gasteiger partial charge in [0.2, 0.25) is 0 Å². The van der Waals surface area contributed by atoms with Gasteiger partial charge in [0.25, 0.3) is 0 Å². The third-order valence-corrected chi connectivity index (χ3v) is 3.34. The van der Waals surface area contributed by atoms with Crippen LogP contribution in [0.1, 0.15) is 40.3 Å². The SMILES string of the molecule is C[C@@H]1CN(c2cccc(CNC(C)(C)C)n2)C[C@H](C)O1. The van der Waals surface area contributed by atoms with Crippen LogP contribution < -0.4 is 10.2 Å². The molecule has 1 aliphatic heterocycles. The summed E-state index contributed by atoms with van der Waals surface area (Å²) in [7, 11) is 0. The van der Waals surface area contributed by atoms with Crippen LogP contribution in [0.5, 0.6) is 0 Å². The molecule has 1 aliphatic rings. The number of morpholine rings is 1. The standard InChI is InChI=1S/C16H27N3O/c1-12-10-19(11-13(2)20-12)15-8-6-7-14(18-15)9-17-16(3,4)5/h6-8,12-13,17H,9-11H2,1-5H3/t12-,13+. The molecule has 0 radical (unpaired) electrons. The fourth-order valence-electron chi connectivity index (χ4n) is 2.46. The molecular formula is C16H27N3O. The van der Waals surface area contributed by atoms with Crippen molar-refractivity contribution in [2.24, 2.45) is 0 Å². The number of ether oxygens (including phenoxy) is 1. The Bertz CT molecular complexity index is 432. The van der Waals surface area contributed by atoms with Crippen molar-refractivity contribution in [1.29, 1.82) is 0 Å². The molecule has 112 valence electrons. The third kappa shape index (κ3) is 4.46. The van der Waals surface area contributed by atoms with E-state index in [0.29, 0.717) is 0 Å². The van der Waals surface area contributed by atoms with E-state index in [1.54, 1.807) is 0 Å². The summed E-state index contributed by atoms with van der Waals surface area (Å²) in [5.41, 5.74) is 1.20. The Morgan fingerprint density at radius 3 is 2.50 bits per heavy atom. The lowest BCUT2D eigenvalue weighted by Gasteiger charge is -2.36. The molecule has 0 saturated carbocycles. The van der Waals surface area contributed by atoms with E-state index in [1.165, 1.54) is 0 Å². The first kappa shape index (κ1) is 15.3. The maximum Gasteiger partial charge on any atom is 0.129 e. The number of nitrogens with zero attached hydrogens (tertiary/aromatic N) is 2. The van der Waals surface area contributed by atoms with Crippen LogP contribution in [0, 0.1) is 0 Å². The van der Waals surface area contributed by atoms with E-state index in [1.807, 2.05) is 0 Å². The topological polar surface area (TPSA) is 37.4 Å². The quantitative estimate of drug-likeness (QED) is 0.921. The number of pyridine rings is 1. The first-order valence-corrected chi connectivity index (χ1v) is 7.45. The van der Waals surface area contributed by atoms with Gasteiger partial charge in [-0.05, 0) is 46.8 Å². The summed E-state index contributed by atoms with van der Waals surface area (Å²) in [5, 5.41) is 3.48. The van der Waals surface area contributed by atoms with Gasteiger partial charge in [0.05, 0.1) is 17.9 Å². The van der Waals surface area contributed by atoms with Gasteiger partial charge in [-0.3, -0.25) is 0 Å². The van der Waals surface area contributed by atoms with Crippen molar-refractivity contribution in [3.63, 3.8) is 0 Å². The molecule has 0 spiro atoms. The molecule has 0 amide bonds. The molecule has 1 saturated heterocycles. The zero-order valence-electron chi connectivity index (χ0n) is 13.3. The lowest BCUT2D eigenvalue weighted by Crippen LogP contribution is -2.46. The number of hydrogen-bond acceptors (Lipinski definition) is 4. The molecule has 4 nitrogen and oxygen atoms in total. The summed E-state index contributed by atoms with van der Waals surface area (Å²) in [6.07, 6.45) is 0.522. The van der Waals surface area contributed by atoms with Crippen molar-refractivity contribution in [2.75, 3.05) is 18.0 Å². The highest BCUT2D eigenvalue weighted by molar-refractivity contribution is 5.40. The van der Waals surface area contributed by atoms with Gasteiger partial charge >= 0.3 is 0 Å². The minimum atomic E-state index is 0.111. The summed E-state index contributed by atoms with van der Waals surface area (Å²) >= 11 is 0. The van der Waals surface area contributed by atoms with Crippen LogP contribution in [0.15, 0.2) is 18.2 Å². The fraction of sp³-hybridized carbons (Fsp3) is 0.688. The minimum Gasteiger partial charge on any atom is -0.372 e. The maximum absolute atomic E-state index is 5.78. The fourth-order valence-corrected chi connectivity index (χ4v) is 2.46. The van der Waals surface area contributed by atoms with Gasteiger partial charge < -0.3 is 15.0 Å². The molecule has 4 heteroatoms. The van der Waals surface area contributed by atoms with Crippen LogP contribution in [-0.2, 0) is 11.3 Å². The summed E-state index contributed by atoms with van der Waals surface area (Å²) in [6, 6.07) is 6.26. The Kier molecular flexibility index (Phi) is 4.66. The molecular weight excluding hydrogens is 250 g/mol. The highest BCUT2D eigenvalue weighted by Crippen LogP contribution is 2.18. The second-order valence-electron chi connectivity index (χ2n) is 6.75. The average Bonchev–Trinajstić information content (AvgIpc) is 2.35. The van der Waals surface area contributed by atoms with E-state index in [2.05, 4.69) is 63.0 Å². The molecule has 0 aromatic carbocycles. The Morgan fingerprint density at radius 2 is 1.90 bits per heavy atom. The van der Waals surface area contributed by atoms with E-state index >= 15 is 0 Å². The van der Waals surface area contributed by atoms with Crippen LogP contribution in [0.4, 0.5) is 5.82 Å². The minimum absolute atomic E-state index is 0.111. The number of rotatable bonds is 3. The zero-order valence-corrected chi connectivity index (χ0v) is 13.3. The molecule has 0 aliphatic carbocycles. The van der Waals surface area contributed by atoms with Crippen molar-refractivity contribution in [3.8, 4) is 0 Å². The predicted octanol–water partition coefficient (Wildman–Crippen LogP) is 2.58. The lowest BCUT2D eigenvalue weighted by atomic mass is 10.1. The zero-order chi connectivity index (χ0) is 14.8. The van der Waals surface area contributed by atoms with Gasteiger partial charge in [0, 0.05) is 25.2 Å². The van der Waals surface area contributed by atoms with Gasteiger partial charge in [-0.15, -0.1) is 0 Å². The number of hydrogen-bond donors (Lipinski definition) is 1. The summed E-state index contributed by atoms with van der Waals surface area (Å²) in [5.74, 6) is 1.06. The van der Waals surface area contributed by atoms with Crippen molar-refractivity contribution in [2.45, 2.75) is 58.9 Å². The second kappa shape index (κ2) is 6.10. The number of anilines is 1. The van der Waals surface area contributed by atoms with Crippen molar-refractivity contribution < 1.29 is 4.74 Å². The highest BCUT2D eigenvalue weighted by atomic mass is 16.5. The Balaban J connectivity index is 2.05. The second-order valence-corrected chi connectivity index (χ2v) is 6.75. The third-order valence-electron chi connectivity index (χ3n) is 3.34. The molecule has 0 unspecified atom stereocenters. The molecule has 1 aromatic heterocycles. The van der Waals surface area contributed by atoms with Crippen LogP contribution in [-0.4, -0.2) is 35.8 Å². The van der Waals surface area contributed by atoms with E-state index in [4.69, 9.17) is 9.72 Å². The molecule has 2 heterocycles. The Labute approximate surface area is 122 Å². The van der Waals surface area contributed by atoms with Gasteiger partial charge in [-0.2, -0.15) is 0 Å². The Hall–Kier alpha value is -1.13. The van der Waals surface area contributed by atoms with Crippen LogP contribution in [0.3, 0.4) is 0 Å². The molecule has 1 aromatic rings. The largest absolute Gasteiger partial charge is 0.372 e.